The van der Waals surface area contributed by atoms with Crippen molar-refractivity contribution in [1.82, 2.24) is 4.72 Å². The molecule has 0 atom stereocenters. The van der Waals surface area contributed by atoms with Crippen molar-refractivity contribution in [3.8, 4) is 5.75 Å². The molecule has 1 aliphatic carbocycles. The summed E-state index contributed by atoms with van der Waals surface area (Å²) in [5.74, 6) is -0.354. The van der Waals surface area contributed by atoms with Gasteiger partial charge in [-0.15, -0.1) is 12.4 Å². The Morgan fingerprint density at radius 3 is 2.36 bits per heavy atom. The lowest BCUT2D eigenvalue weighted by Gasteiger charge is -2.26. The summed E-state index contributed by atoms with van der Waals surface area (Å²) in [5.41, 5.74) is 5.77. The summed E-state index contributed by atoms with van der Waals surface area (Å²) < 4.78 is 56.1. The van der Waals surface area contributed by atoms with E-state index in [1.54, 1.807) is 0 Å². The first-order valence-electron chi connectivity index (χ1n) is 6.70. The number of rotatable bonds is 5. The fraction of sp³-hybridized carbons (Fsp3) is 0.538. The molecule has 0 aromatic heterocycles. The predicted molar refractivity (Wildman–Crippen MR) is 80.9 cm³/mol. The van der Waals surface area contributed by atoms with Crippen LogP contribution in [0.4, 0.5) is 8.78 Å². The quantitative estimate of drug-likeness (QED) is 0.847. The number of para-hydroxylation sites is 1. The average Bonchev–Trinajstić information content (AvgIpc) is 2.41. The fourth-order valence-corrected chi connectivity index (χ4v) is 3.83. The van der Waals surface area contributed by atoms with Crippen molar-refractivity contribution < 1.29 is 21.9 Å². The highest BCUT2D eigenvalue weighted by Crippen LogP contribution is 2.26. The molecule has 3 N–H and O–H groups in total. The molecule has 2 rings (SSSR count). The Morgan fingerprint density at radius 1 is 1.18 bits per heavy atom. The van der Waals surface area contributed by atoms with Crippen LogP contribution in [-0.2, 0) is 10.0 Å². The number of halogens is 3. The maximum atomic E-state index is 12.3. The molecular formula is C13H19ClF2N2O3S. The van der Waals surface area contributed by atoms with E-state index in [4.69, 9.17) is 5.73 Å². The van der Waals surface area contributed by atoms with Gasteiger partial charge in [0.15, 0.2) is 0 Å². The molecule has 126 valence electrons. The van der Waals surface area contributed by atoms with Crippen LogP contribution >= 0.6 is 12.4 Å². The summed E-state index contributed by atoms with van der Waals surface area (Å²) in [6, 6.07) is 5.22. The van der Waals surface area contributed by atoms with Gasteiger partial charge in [-0.05, 0) is 37.8 Å². The molecule has 22 heavy (non-hydrogen) atoms. The standard InChI is InChI=1S/C13H18F2N2O3S.ClH/c14-13(15)20-11-3-1-2-4-12(11)21(18,19)17-10-7-5-9(16)6-8-10;/h1-4,9-10,13,17H,5-8,16H2;1H. The van der Waals surface area contributed by atoms with E-state index in [1.807, 2.05) is 0 Å². The summed E-state index contributed by atoms with van der Waals surface area (Å²) in [6.45, 7) is -3.07. The number of benzene rings is 1. The Kier molecular flexibility index (Phi) is 6.98. The molecule has 1 fully saturated rings. The lowest BCUT2D eigenvalue weighted by molar-refractivity contribution is -0.0517. The van der Waals surface area contributed by atoms with Crippen LogP contribution < -0.4 is 15.2 Å². The van der Waals surface area contributed by atoms with Crippen LogP contribution in [0.3, 0.4) is 0 Å². The first-order valence-corrected chi connectivity index (χ1v) is 8.18. The maximum absolute atomic E-state index is 12.3. The van der Waals surface area contributed by atoms with Crippen LogP contribution in [0.5, 0.6) is 5.75 Å². The minimum atomic E-state index is -3.90. The third kappa shape index (κ3) is 5.05. The van der Waals surface area contributed by atoms with Gasteiger partial charge in [0.25, 0.3) is 0 Å². The van der Waals surface area contributed by atoms with Gasteiger partial charge in [0.1, 0.15) is 10.6 Å². The smallest absolute Gasteiger partial charge is 0.387 e. The number of alkyl halides is 2. The summed E-state index contributed by atoms with van der Waals surface area (Å²) >= 11 is 0. The summed E-state index contributed by atoms with van der Waals surface area (Å²) in [5, 5.41) is 0. The molecule has 0 spiro atoms. The lowest BCUT2D eigenvalue weighted by atomic mass is 9.93. The molecule has 0 unspecified atom stereocenters. The first kappa shape index (κ1) is 19.1. The van der Waals surface area contributed by atoms with Crippen molar-refractivity contribution in [2.45, 2.75) is 49.3 Å². The maximum Gasteiger partial charge on any atom is 0.387 e. The van der Waals surface area contributed by atoms with E-state index < -0.39 is 16.6 Å². The van der Waals surface area contributed by atoms with Crippen LogP contribution in [0.15, 0.2) is 29.2 Å². The molecule has 0 saturated heterocycles. The Bertz CT molecular complexity index is 578. The minimum Gasteiger partial charge on any atom is -0.433 e. The molecule has 9 heteroatoms. The van der Waals surface area contributed by atoms with Crippen molar-refractivity contribution in [3.05, 3.63) is 24.3 Å². The van der Waals surface area contributed by atoms with Crippen LogP contribution in [0.1, 0.15) is 25.7 Å². The number of nitrogens with one attached hydrogen (secondary N) is 1. The SMILES string of the molecule is Cl.NC1CCC(NS(=O)(=O)c2ccccc2OC(F)F)CC1. The third-order valence-electron chi connectivity index (χ3n) is 3.45. The number of hydrogen-bond donors (Lipinski definition) is 2. The number of nitrogens with two attached hydrogens (primary N) is 1. The molecule has 1 saturated carbocycles. The Labute approximate surface area is 134 Å². The van der Waals surface area contributed by atoms with Crippen LogP contribution in [-0.4, -0.2) is 27.1 Å². The zero-order valence-electron chi connectivity index (χ0n) is 11.7. The van der Waals surface area contributed by atoms with Crippen molar-refractivity contribution in [1.29, 1.82) is 0 Å². The molecule has 5 nitrogen and oxygen atoms in total. The van der Waals surface area contributed by atoms with E-state index in [0.717, 1.165) is 12.8 Å². The van der Waals surface area contributed by atoms with Gasteiger partial charge < -0.3 is 10.5 Å². The van der Waals surface area contributed by atoms with E-state index >= 15 is 0 Å². The van der Waals surface area contributed by atoms with Crippen molar-refractivity contribution in [3.63, 3.8) is 0 Å². The molecule has 1 aromatic carbocycles. The second kappa shape index (κ2) is 8.05. The molecule has 0 heterocycles. The second-order valence-electron chi connectivity index (χ2n) is 5.06. The van der Waals surface area contributed by atoms with Crippen molar-refractivity contribution in [2.24, 2.45) is 5.73 Å². The summed E-state index contributed by atoms with van der Waals surface area (Å²) in [6.07, 6.45) is 2.75. The second-order valence-corrected chi connectivity index (χ2v) is 6.74. The van der Waals surface area contributed by atoms with Gasteiger partial charge in [0, 0.05) is 12.1 Å². The topological polar surface area (TPSA) is 81.4 Å². The molecular weight excluding hydrogens is 338 g/mol. The van der Waals surface area contributed by atoms with Crippen LogP contribution in [0.25, 0.3) is 0 Å². The minimum absolute atomic E-state index is 0. The summed E-state index contributed by atoms with van der Waals surface area (Å²) in [4.78, 5) is -0.278. The van der Waals surface area contributed by atoms with E-state index in [2.05, 4.69) is 9.46 Å². The average molecular weight is 357 g/mol. The van der Waals surface area contributed by atoms with Crippen LogP contribution in [0, 0.1) is 0 Å². The van der Waals surface area contributed by atoms with Crippen molar-refractivity contribution in [2.75, 3.05) is 0 Å². The highest BCUT2D eigenvalue weighted by atomic mass is 35.5. The molecule has 1 aliphatic rings. The predicted octanol–water partition coefficient (Wildman–Crippen LogP) is 2.26. The molecule has 0 aliphatic heterocycles. The van der Waals surface area contributed by atoms with Gasteiger partial charge in [-0.1, -0.05) is 12.1 Å². The highest BCUT2D eigenvalue weighted by Gasteiger charge is 2.27. The zero-order valence-corrected chi connectivity index (χ0v) is 13.4. The Morgan fingerprint density at radius 2 is 1.77 bits per heavy atom. The highest BCUT2D eigenvalue weighted by molar-refractivity contribution is 7.89. The van der Waals surface area contributed by atoms with E-state index in [-0.39, 0.29) is 35.1 Å². The van der Waals surface area contributed by atoms with Gasteiger partial charge in [-0.2, -0.15) is 8.78 Å². The lowest BCUT2D eigenvalue weighted by Crippen LogP contribution is -2.40. The van der Waals surface area contributed by atoms with Gasteiger partial charge >= 0.3 is 6.61 Å². The molecule has 0 radical (unpaired) electrons. The number of sulfonamides is 1. The molecule has 0 bridgehead atoms. The van der Waals surface area contributed by atoms with Crippen molar-refractivity contribution >= 4 is 22.4 Å². The molecule has 0 amide bonds. The number of hydrogen-bond acceptors (Lipinski definition) is 4. The zero-order chi connectivity index (χ0) is 15.5. The molecule has 1 aromatic rings. The van der Waals surface area contributed by atoms with Gasteiger partial charge in [-0.3, -0.25) is 0 Å². The fourth-order valence-electron chi connectivity index (χ4n) is 2.39. The normalized spacial score (nSPS) is 22.2. The Balaban J connectivity index is 0.00000242. The van der Waals surface area contributed by atoms with Crippen LogP contribution in [0.2, 0.25) is 0 Å². The third-order valence-corrected chi connectivity index (χ3v) is 5.01. The van der Waals surface area contributed by atoms with E-state index in [0.29, 0.717) is 12.8 Å². The Hall–Kier alpha value is -0.960. The van der Waals surface area contributed by atoms with E-state index in [1.165, 1.54) is 24.3 Å². The van der Waals surface area contributed by atoms with E-state index in [9.17, 15) is 17.2 Å². The van der Waals surface area contributed by atoms with Gasteiger partial charge in [0.05, 0.1) is 0 Å². The number of ether oxygens (including phenoxy) is 1. The monoisotopic (exact) mass is 356 g/mol. The largest absolute Gasteiger partial charge is 0.433 e. The summed E-state index contributed by atoms with van der Waals surface area (Å²) in [7, 11) is -3.90. The van der Waals surface area contributed by atoms with Gasteiger partial charge in [-0.25, -0.2) is 13.1 Å². The van der Waals surface area contributed by atoms with Gasteiger partial charge in [0.2, 0.25) is 10.0 Å². The first-order chi connectivity index (χ1) is 9.88.